The Labute approximate surface area is 114 Å². The number of ether oxygens (including phenoxy) is 1. The molecule has 0 bridgehead atoms. The largest absolute Gasteiger partial charge is 0.508 e. The van der Waals surface area contributed by atoms with Crippen molar-refractivity contribution < 1.29 is 14.6 Å². The molecular formula is C16H22O3. The molecule has 0 amide bonds. The lowest BCUT2D eigenvalue weighted by atomic mass is 9.86. The zero-order valence-electron chi connectivity index (χ0n) is 12.1. The fourth-order valence-corrected chi connectivity index (χ4v) is 1.63. The molecule has 1 aromatic rings. The minimum atomic E-state index is -0.397. The summed E-state index contributed by atoms with van der Waals surface area (Å²) in [6, 6.07) is 5.57. The molecule has 0 aliphatic heterocycles. The molecule has 0 aliphatic carbocycles. The Kier molecular flexibility index (Phi) is 4.76. The van der Waals surface area contributed by atoms with E-state index < -0.39 is 5.97 Å². The highest BCUT2D eigenvalue weighted by atomic mass is 16.5. The van der Waals surface area contributed by atoms with E-state index in [1.54, 1.807) is 13.0 Å². The minimum Gasteiger partial charge on any atom is -0.508 e. The van der Waals surface area contributed by atoms with E-state index in [9.17, 15) is 9.90 Å². The van der Waals surface area contributed by atoms with Crippen molar-refractivity contribution in [3.8, 4) is 5.75 Å². The number of phenolic OH excluding ortho intramolecular Hbond substituents is 1. The molecule has 0 heterocycles. The summed E-state index contributed by atoms with van der Waals surface area (Å²) in [5.41, 5.74) is 2.35. The second-order valence-electron chi connectivity index (χ2n) is 5.76. The van der Waals surface area contributed by atoms with Gasteiger partial charge in [0.1, 0.15) is 5.75 Å². The van der Waals surface area contributed by atoms with E-state index in [2.05, 4.69) is 27.4 Å². The molecule has 19 heavy (non-hydrogen) atoms. The predicted octanol–water partition coefficient (Wildman–Crippen LogP) is 3.35. The Morgan fingerprint density at radius 1 is 1.37 bits per heavy atom. The number of carbonyl (C=O) groups is 1. The quantitative estimate of drug-likeness (QED) is 0.668. The van der Waals surface area contributed by atoms with Crippen molar-refractivity contribution >= 4 is 5.97 Å². The molecule has 1 aromatic carbocycles. The van der Waals surface area contributed by atoms with Crippen LogP contribution < -0.4 is 0 Å². The molecule has 0 fully saturated rings. The van der Waals surface area contributed by atoms with E-state index in [1.807, 2.05) is 12.1 Å². The third-order valence-electron chi connectivity index (χ3n) is 2.90. The van der Waals surface area contributed by atoms with Gasteiger partial charge in [0.05, 0.1) is 6.61 Å². The molecule has 104 valence electrons. The zero-order valence-corrected chi connectivity index (χ0v) is 12.1. The Morgan fingerprint density at radius 2 is 2.00 bits per heavy atom. The first-order chi connectivity index (χ1) is 8.71. The van der Waals surface area contributed by atoms with E-state index in [1.165, 1.54) is 0 Å². The first-order valence-corrected chi connectivity index (χ1v) is 6.37. The van der Waals surface area contributed by atoms with E-state index in [-0.39, 0.29) is 17.8 Å². The standard InChI is InChI=1S/C16H22O3/c1-11(2)15(18)19-9-8-12-10-13(16(3,4)5)6-7-14(12)17/h6-7,10,17H,1,8-9H2,2-5H3. The van der Waals surface area contributed by atoms with Crippen LogP contribution >= 0.6 is 0 Å². The second-order valence-corrected chi connectivity index (χ2v) is 5.76. The van der Waals surface area contributed by atoms with Gasteiger partial charge in [-0.15, -0.1) is 0 Å². The highest BCUT2D eigenvalue weighted by molar-refractivity contribution is 5.86. The van der Waals surface area contributed by atoms with Gasteiger partial charge in [0.25, 0.3) is 0 Å². The van der Waals surface area contributed by atoms with Crippen LogP contribution in [0.4, 0.5) is 0 Å². The first kappa shape index (κ1) is 15.3. The molecule has 0 atom stereocenters. The molecular weight excluding hydrogens is 240 g/mol. The third kappa shape index (κ3) is 4.43. The molecule has 0 aliphatic rings. The summed E-state index contributed by atoms with van der Waals surface area (Å²) >= 11 is 0. The van der Waals surface area contributed by atoms with Gasteiger partial charge in [-0.2, -0.15) is 0 Å². The molecule has 0 saturated carbocycles. The number of hydrogen-bond donors (Lipinski definition) is 1. The number of rotatable bonds is 4. The van der Waals surface area contributed by atoms with Crippen LogP contribution in [0.5, 0.6) is 5.75 Å². The van der Waals surface area contributed by atoms with E-state index >= 15 is 0 Å². The second kappa shape index (κ2) is 5.91. The Morgan fingerprint density at radius 3 is 2.53 bits per heavy atom. The summed E-state index contributed by atoms with van der Waals surface area (Å²) in [6.07, 6.45) is 0.495. The van der Waals surface area contributed by atoms with Crippen molar-refractivity contribution in [2.24, 2.45) is 0 Å². The summed E-state index contributed by atoms with van der Waals surface area (Å²) < 4.78 is 5.04. The first-order valence-electron chi connectivity index (χ1n) is 6.37. The van der Waals surface area contributed by atoms with E-state index in [0.29, 0.717) is 12.0 Å². The van der Waals surface area contributed by atoms with Crippen LogP contribution in [0.25, 0.3) is 0 Å². The highest BCUT2D eigenvalue weighted by Gasteiger charge is 2.15. The average molecular weight is 262 g/mol. The van der Waals surface area contributed by atoms with E-state index in [0.717, 1.165) is 11.1 Å². The normalized spacial score (nSPS) is 11.2. The average Bonchev–Trinajstić information content (AvgIpc) is 2.29. The molecule has 1 rings (SSSR count). The molecule has 0 spiro atoms. The maximum absolute atomic E-state index is 11.3. The fraction of sp³-hybridized carbons (Fsp3) is 0.438. The van der Waals surface area contributed by atoms with Gasteiger partial charge in [-0.05, 0) is 29.5 Å². The summed E-state index contributed by atoms with van der Waals surface area (Å²) in [6.45, 7) is 11.7. The van der Waals surface area contributed by atoms with Crippen molar-refractivity contribution in [1.29, 1.82) is 0 Å². The number of phenols is 1. The van der Waals surface area contributed by atoms with Crippen LogP contribution in [0.3, 0.4) is 0 Å². The Bertz CT molecular complexity index is 481. The lowest BCUT2D eigenvalue weighted by Gasteiger charge is -2.20. The monoisotopic (exact) mass is 262 g/mol. The SMILES string of the molecule is C=C(C)C(=O)OCCc1cc(C(C)(C)C)ccc1O. The van der Waals surface area contributed by atoms with Gasteiger partial charge in [0.2, 0.25) is 0 Å². The molecule has 0 radical (unpaired) electrons. The highest BCUT2D eigenvalue weighted by Crippen LogP contribution is 2.27. The van der Waals surface area contributed by atoms with Gasteiger partial charge in [-0.25, -0.2) is 4.79 Å². The van der Waals surface area contributed by atoms with Crippen LogP contribution in [0.2, 0.25) is 0 Å². The lowest BCUT2D eigenvalue weighted by Crippen LogP contribution is -2.12. The topological polar surface area (TPSA) is 46.5 Å². The Balaban J connectivity index is 2.73. The number of benzene rings is 1. The van der Waals surface area contributed by atoms with Crippen LogP contribution in [0, 0.1) is 0 Å². The number of esters is 1. The van der Waals surface area contributed by atoms with E-state index in [4.69, 9.17) is 4.74 Å². The van der Waals surface area contributed by atoms with Crippen molar-refractivity contribution in [2.45, 2.75) is 39.5 Å². The van der Waals surface area contributed by atoms with Gasteiger partial charge in [0, 0.05) is 12.0 Å². The van der Waals surface area contributed by atoms with Gasteiger partial charge >= 0.3 is 5.97 Å². The summed E-state index contributed by atoms with van der Waals surface area (Å²) in [5.74, 6) is -0.161. The molecule has 0 aromatic heterocycles. The van der Waals surface area contributed by atoms with Crippen molar-refractivity contribution in [3.63, 3.8) is 0 Å². The maximum Gasteiger partial charge on any atom is 0.333 e. The van der Waals surface area contributed by atoms with Crippen LogP contribution in [-0.4, -0.2) is 17.7 Å². The third-order valence-corrected chi connectivity index (χ3v) is 2.90. The van der Waals surface area contributed by atoms with Crippen LogP contribution in [0.15, 0.2) is 30.4 Å². The van der Waals surface area contributed by atoms with Gasteiger partial charge in [-0.3, -0.25) is 0 Å². The molecule has 3 nitrogen and oxygen atoms in total. The van der Waals surface area contributed by atoms with Crippen LogP contribution in [0.1, 0.15) is 38.8 Å². The lowest BCUT2D eigenvalue weighted by molar-refractivity contribution is -0.138. The summed E-state index contributed by atoms with van der Waals surface area (Å²) in [5, 5.41) is 9.82. The smallest absolute Gasteiger partial charge is 0.333 e. The molecule has 1 N–H and O–H groups in total. The predicted molar refractivity (Wildman–Crippen MR) is 76.3 cm³/mol. The van der Waals surface area contributed by atoms with Crippen molar-refractivity contribution in [1.82, 2.24) is 0 Å². The number of hydrogen-bond acceptors (Lipinski definition) is 3. The molecule has 0 unspecified atom stereocenters. The molecule has 3 heteroatoms. The minimum absolute atomic E-state index is 0.0246. The van der Waals surface area contributed by atoms with Gasteiger partial charge in [0.15, 0.2) is 0 Å². The summed E-state index contributed by atoms with van der Waals surface area (Å²) in [7, 11) is 0. The fourth-order valence-electron chi connectivity index (χ4n) is 1.63. The number of aromatic hydroxyl groups is 1. The Hall–Kier alpha value is -1.77. The van der Waals surface area contributed by atoms with Gasteiger partial charge < -0.3 is 9.84 Å². The zero-order chi connectivity index (χ0) is 14.6. The van der Waals surface area contributed by atoms with Crippen molar-refractivity contribution in [3.05, 3.63) is 41.5 Å². The number of carbonyl (C=O) groups excluding carboxylic acids is 1. The summed E-state index contributed by atoms with van der Waals surface area (Å²) in [4.78, 5) is 11.3. The van der Waals surface area contributed by atoms with Crippen molar-refractivity contribution in [2.75, 3.05) is 6.61 Å². The molecule has 0 saturated heterocycles. The van der Waals surface area contributed by atoms with Gasteiger partial charge in [-0.1, -0.05) is 39.5 Å². The van der Waals surface area contributed by atoms with Crippen LogP contribution in [-0.2, 0) is 21.4 Å². The maximum atomic E-state index is 11.3.